The molecule has 0 nitrogen and oxygen atoms in total. The Kier molecular flexibility index (Phi) is 3.22. The zero-order chi connectivity index (χ0) is 8.27. The summed E-state index contributed by atoms with van der Waals surface area (Å²) in [7, 11) is 0. The van der Waals surface area contributed by atoms with Crippen molar-refractivity contribution in [2.45, 2.75) is 18.2 Å². The first-order valence-electron chi connectivity index (χ1n) is 3.52. The first-order valence-corrected chi connectivity index (χ1v) is 4.39. The molecule has 0 radical (unpaired) electrons. The Morgan fingerprint density at radius 3 is 2.18 bits per heavy atom. The maximum absolute atomic E-state index is 5.62. The zero-order valence-corrected chi connectivity index (χ0v) is 7.86. The maximum atomic E-state index is 5.62. The molecule has 0 N–H and O–H groups in total. The van der Waals surface area contributed by atoms with Crippen LogP contribution in [-0.4, -0.2) is 4.84 Å². The molecule has 0 atom stereocenters. The molecule has 1 aromatic carbocycles. The van der Waals surface area contributed by atoms with Crippen molar-refractivity contribution in [3.63, 3.8) is 0 Å². The van der Waals surface area contributed by atoms with Gasteiger partial charge in [0.1, 0.15) is 4.84 Å². The summed E-state index contributed by atoms with van der Waals surface area (Å²) in [5.74, 6) is 0. The fraction of sp³-hybridized carbons (Fsp3) is 0.333. The van der Waals surface area contributed by atoms with E-state index < -0.39 is 0 Å². The molecule has 0 fully saturated rings. The highest BCUT2D eigenvalue weighted by molar-refractivity contribution is 6.44. The van der Waals surface area contributed by atoms with Crippen molar-refractivity contribution in [2.75, 3.05) is 0 Å². The monoisotopic (exact) mass is 188 g/mol. The van der Waals surface area contributed by atoms with Gasteiger partial charge in [0.05, 0.1) is 0 Å². The molecule has 0 aliphatic rings. The van der Waals surface area contributed by atoms with E-state index in [4.69, 9.17) is 23.2 Å². The third kappa shape index (κ3) is 3.13. The molecule has 0 unspecified atom stereocenters. The molecule has 0 aromatic heterocycles. The van der Waals surface area contributed by atoms with Crippen molar-refractivity contribution in [3.05, 3.63) is 35.4 Å². The molecule has 1 aromatic rings. The summed E-state index contributed by atoms with van der Waals surface area (Å²) in [5, 5.41) is 0. The lowest BCUT2D eigenvalue weighted by Crippen LogP contribution is -1.93. The number of benzene rings is 1. The highest BCUT2D eigenvalue weighted by Crippen LogP contribution is 2.11. The quantitative estimate of drug-likeness (QED) is 0.626. The van der Waals surface area contributed by atoms with Crippen LogP contribution in [0.1, 0.15) is 11.1 Å². The first-order chi connectivity index (χ1) is 5.18. The van der Waals surface area contributed by atoms with E-state index in [-0.39, 0.29) is 4.84 Å². The maximum Gasteiger partial charge on any atom is 0.111 e. The highest BCUT2D eigenvalue weighted by Gasteiger charge is 1.99. The summed E-state index contributed by atoms with van der Waals surface area (Å²) in [6.45, 7) is 2.06. The van der Waals surface area contributed by atoms with Crippen molar-refractivity contribution in [2.24, 2.45) is 0 Å². The molecule has 0 aliphatic heterocycles. The molecule has 0 bridgehead atoms. The van der Waals surface area contributed by atoms with Gasteiger partial charge in [0.25, 0.3) is 0 Å². The Hall–Kier alpha value is -0.200. The lowest BCUT2D eigenvalue weighted by atomic mass is 10.1. The van der Waals surface area contributed by atoms with Crippen LogP contribution in [0, 0.1) is 6.92 Å². The highest BCUT2D eigenvalue weighted by atomic mass is 35.5. The van der Waals surface area contributed by atoms with Crippen molar-refractivity contribution in [3.8, 4) is 0 Å². The minimum absolute atomic E-state index is 0.294. The normalized spacial score (nSPS) is 10.5. The smallest absolute Gasteiger partial charge is 0.105 e. The average Bonchev–Trinajstić information content (AvgIpc) is 1.93. The van der Waals surface area contributed by atoms with Crippen LogP contribution in [0.3, 0.4) is 0 Å². The van der Waals surface area contributed by atoms with Gasteiger partial charge in [-0.25, -0.2) is 0 Å². The topological polar surface area (TPSA) is 0 Å². The second-order valence-electron chi connectivity index (χ2n) is 2.58. The van der Waals surface area contributed by atoms with Crippen LogP contribution >= 0.6 is 23.2 Å². The molecular weight excluding hydrogens is 179 g/mol. The molecule has 0 aliphatic carbocycles. The summed E-state index contributed by atoms with van der Waals surface area (Å²) in [4.78, 5) is -0.294. The number of rotatable bonds is 2. The largest absolute Gasteiger partial charge is 0.111 e. The molecule has 0 amide bonds. The van der Waals surface area contributed by atoms with Crippen molar-refractivity contribution in [1.82, 2.24) is 0 Å². The summed E-state index contributed by atoms with van der Waals surface area (Å²) in [6.07, 6.45) is 0.726. The third-order valence-corrected chi connectivity index (χ3v) is 1.82. The van der Waals surface area contributed by atoms with Gasteiger partial charge in [-0.15, -0.1) is 23.2 Å². The van der Waals surface area contributed by atoms with Gasteiger partial charge in [-0.05, 0) is 12.5 Å². The minimum Gasteiger partial charge on any atom is -0.105 e. The summed E-state index contributed by atoms with van der Waals surface area (Å²) in [6, 6.07) is 8.22. The predicted octanol–water partition coefficient (Wildman–Crippen LogP) is 3.34. The van der Waals surface area contributed by atoms with Gasteiger partial charge in [-0.1, -0.05) is 29.8 Å². The molecular formula is C9H10Cl2. The number of alkyl halides is 2. The van der Waals surface area contributed by atoms with E-state index in [0.29, 0.717) is 0 Å². The van der Waals surface area contributed by atoms with E-state index in [2.05, 4.69) is 19.1 Å². The summed E-state index contributed by atoms with van der Waals surface area (Å²) >= 11 is 11.2. The third-order valence-electron chi connectivity index (χ3n) is 1.51. The van der Waals surface area contributed by atoms with Crippen LogP contribution in [0.4, 0.5) is 0 Å². The Morgan fingerprint density at radius 2 is 1.73 bits per heavy atom. The fourth-order valence-electron chi connectivity index (χ4n) is 0.902. The number of halogens is 2. The van der Waals surface area contributed by atoms with Crippen LogP contribution in [0.15, 0.2) is 24.3 Å². The summed E-state index contributed by atoms with van der Waals surface area (Å²) < 4.78 is 0. The van der Waals surface area contributed by atoms with Crippen LogP contribution in [0.25, 0.3) is 0 Å². The van der Waals surface area contributed by atoms with Gasteiger partial charge in [0, 0.05) is 6.42 Å². The molecule has 11 heavy (non-hydrogen) atoms. The SMILES string of the molecule is Cc1ccc(CC(Cl)Cl)cc1. The summed E-state index contributed by atoms with van der Waals surface area (Å²) in [5.41, 5.74) is 2.44. The van der Waals surface area contributed by atoms with E-state index in [1.165, 1.54) is 11.1 Å². The van der Waals surface area contributed by atoms with Crippen LogP contribution in [0.2, 0.25) is 0 Å². The minimum atomic E-state index is -0.294. The standard InChI is InChI=1S/C9H10Cl2/c1-7-2-4-8(5-3-7)6-9(10)11/h2-5,9H,6H2,1H3. The number of aryl methyl sites for hydroxylation is 1. The Morgan fingerprint density at radius 1 is 1.18 bits per heavy atom. The average molecular weight is 189 g/mol. The van der Waals surface area contributed by atoms with Gasteiger partial charge in [-0.3, -0.25) is 0 Å². The van der Waals surface area contributed by atoms with Gasteiger partial charge in [0.2, 0.25) is 0 Å². The van der Waals surface area contributed by atoms with Gasteiger partial charge in [-0.2, -0.15) is 0 Å². The second-order valence-corrected chi connectivity index (χ2v) is 3.86. The molecule has 0 spiro atoms. The van der Waals surface area contributed by atoms with Gasteiger partial charge in [0.15, 0.2) is 0 Å². The first kappa shape index (κ1) is 8.89. The van der Waals surface area contributed by atoms with E-state index >= 15 is 0 Å². The molecule has 0 saturated heterocycles. The lowest BCUT2D eigenvalue weighted by molar-refractivity contribution is 1.08. The molecule has 1 rings (SSSR count). The van der Waals surface area contributed by atoms with Crippen molar-refractivity contribution >= 4 is 23.2 Å². The fourth-order valence-corrected chi connectivity index (χ4v) is 1.26. The Labute approximate surface area is 77.1 Å². The van der Waals surface area contributed by atoms with E-state index in [1.54, 1.807) is 0 Å². The van der Waals surface area contributed by atoms with Crippen molar-refractivity contribution < 1.29 is 0 Å². The van der Waals surface area contributed by atoms with Gasteiger partial charge >= 0.3 is 0 Å². The van der Waals surface area contributed by atoms with Crippen LogP contribution < -0.4 is 0 Å². The van der Waals surface area contributed by atoms with E-state index in [0.717, 1.165) is 6.42 Å². The van der Waals surface area contributed by atoms with Gasteiger partial charge < -0.3 is 0 Å². The number of hydrogen-bond donors (Lipinski definition) is 0. The van der Waals surface area contributed by atoms with E-state index in [1.807, 2.05) is 12.1 Å². The molecule has 0 saturated carbocycles. The lowest BCUT2D eigenvalue weighted by Gasteiger charge is -2.01. The molecule has 60 valence electrons. The van der Waals surface area contributed by atoms with Crippen LogP contribution in [-0.2, 0) is 6.42 Å². The second kappa shape index (κ2) is 3.99. The molecule has 0 heterocycles. The van der Waals surface area contributed by atoms with Crippen molar-refractivity contribution in [1.29, 1.82) is 0 Å². The van der Waals surface area contributed by atoms with Crippen LogP contribution in [0.5, 0.6) is 0 Å². The Balaban J connectivity index is 2.66. The molecule has 2 heteroatoms. The predicted molar refractivity (Wildman–Crippen MR) is 50.4 cm³/mol. The zero-order valence-electron chi connectivity index (χ0n) is 6.35. The Bertz CT molecular complexity index is 214. The van der Waals surface area contributed by atoms with E-state index in [9.17, 15) is 0 Å². The number of hydrogen-bond acceptors (Lipinski definition) is 0.